The number of ether oxygens (including phenoxy) is 2. The van der Waals surface area contributed by atoms with Crippen LogP contribution in [0.4, 0.5) is 0 Å². The molecule has 1 fully saturated rings. The zero-order valence-corrected chi connectivity index (χ0v) is 20.3. The van der Waals surface area contributed by atoms with Gasteiger partial charge in [-0.05, 0) is 60.9 Å². The molecule has 186 valence electrons. The van der Waals surface area contributed by atoms with Gasteiger partial charge in [0, 0.05) is 25.8 Å². The largest absolute Gasteiger partial charge is 0.508 e. The summed E-state index contributed by atoms with van der Waals surface area (Å²) in [6.07, 6.45) is 0.533. The fourth-order valence-electron chi connectivity index (χ4n) is 4.33. The molecule has 1 aliphatic rings. The number of hydrogen-bond acceptors (Lipinski definition) is 6. The van der Waals surface area contributed by atoms with Gasteiger partial charge in [0.2, 0.25) is 0 Å². The Morgan fingerprint density at radius 3 is 2.39 bits per heavy atom. The summed E-state index contributed by atoms with van der Waals surface area (Å²) in [5.74, 6) is -1.00. The van der Waals surface area contributed by atoms with E-state index in [4.69, 9.17) is 9.47 Å². The van der Waals surface area contributed by atoms with Crippen LogP contribution in [0.3, 0.4) is 0 Å². The molecule has 3 aromatic carbocycles. The van der Waals surface area contributed by atoms with Crippen LogP contribution in [0.5, 0.6) is 11.5 Å². The Balaban J connectivity index is 1.62. The van der Waals surface area contributed by atoms with Crippen LogP contribution in [0.15, 0.2) is 78.4 Å². The minimum atomic E-state index is -0.778. The summed E-state index contributed by atoms with van der Waals surface area (Å²) in [6, 6.07) is 20.3. The number of likely N-dealkylation sites (tertiary alicyclic amines) is 1. The second kappa shape index (κ2) is 11.1. The number of aliphatic hydroxyl groups excluding tert-OH is 1. The van der Waals surface area contributed by atoms with Crippen LogP contribution in [0, 0.1) is 6.92 Å². The Hall–Kier alpha value is -4.10. The third-order valence-corrected chi connectivity index (χ3v) is 6.11. The maximum atomic E-state index is 13.1. The molecule has 0 saturated carbocycles. The molecule has 2 N–H and O–H groups in total. The third kappa shape index (κ3) is 5.42. The number of carbonyl (C=O) groups is 2. The summed E-state index contributed by atoms with van der Waals surface area (Å²) >= 11 is 0. The predicted octanol–water partition coefficient (Wildman–Crippen LogP) is 4.74. The number of amides is 1. The van der Waals surface area contributed by atoms with E-state index < -0.39 is 17.7 Å². The van der Waals surface area contributed by atoms with Gasteiger partial charge in [-0.15, -0.1) is 0 Å². The van der Waals surface area contributed by atoms with Crippen LogP contribution in [-0.4, -0.2) is 47.1 Å². The molecular weight excluding hydrogens is 458 g/mol. The van der Waals surface area contributed by atoms with Gasteiger partial charge in [0.1, 0.15) is 23.9 Å². The van der Waals surface area contributed by atoms with E-state index in [2.05, 4.69) is 6.07 Å². The van der Waals surface area contributed by atoms with Gasteiger partial charge in [0.25, 0.3) is 11.7 Å². The lowest BCUT2D eigenvalue weighted by Gasteiger charge is -2.25. The number of phenolic OH excluding ortho intramolecular Hbond substituents is 1. The van der Waals surface area contributed by atoms with Gasteiger partial charge in [0.05, 0.1) is 11.6 Å². The lowest BCUT2D eigenvalue weighted by molar-refractivity contribution is -0.140. The number of aromatic hydroxyl groups is 1. The summed E-state index contributed by atoms with van der Waals surface area (Å²) < 4.78 is 11.0. The molecule has 1 heterocycles. The van der Waals surface area contributed by atoms with Gasteiger partial charge >= 0.3 is 0 Å². The molecule has 1 amide bonds. The summed E-state index contributed by atoms with van der Waals surface area (Å²) in [4.78, 5) is 27.4. The first-order chi connectivity index (χ1) is 17.4. The molecule has 7 nitrogen and oxygen atoms in total. The number of aliphatic hydroxyl groups is 1. The minimum absolute atomic E-state index is 0.0107. The van der Waals surface area contributed by atoms with Gasteiger partial charge in [0.15, 0.2) is 0 Å². The van der Waals surface area contributed by atoms with Crippen molar-refractivity contribution in [3.63, 3.8) is 0 Å². The molecule has 36 heavy (non-hydrogen) atoms. The standard InChI is InChI=1S/C29H29NO6/c1-19-5-3-6-20(17-19)18-36-24-13-9-22(10-14-24)27(32)25-26(21-7-11-23(31)12-8-21)30(15-4-16-35-2)29(34)28(25)33/h3,5-14,17,26,31-32H,4,15-16,18H2,1-2H3/b27-25+. The van der Waals surface area contributed by atoms with Crippen LogP contribution in [0.2, 0.25) is 0 Å². The number of Topliss-reactive ketones (excluding diaryl/α,β-unsaturated/α-hetero) is 1. The van der Waals surface area contributed by atoms with Crippen molar-refractivity contribution in [2.24, 2.45) is 0 Å². The SMILES string of the molecule is COCCCN1C(=O)C(=O)/C(=C(/O)c2ccc(OCc3cccc(C)c3)cc2)C1c1ccc(O)cc1. The Morgan fingerprint density at radius 2 is 1.72 bits per heavy atom. The predicted molar refractivity (Wildman–Crippen MR) is 136 cm³/mol. The molecule has 3 aromatic rings. The van der Waals surface area contributed by atoms with Crippen LogP contribution in [0.1, 0.15) is 34.7 Å². The highest BCUT2D eigenvalue weighted by Gasteiger charge is 2.45. The van der Waals surface area contributed by atoms with E-state index in [1.54, 1.807) is 43.5 Å². The Kier molecular flexibility index (Phi) is 7.71. The zero-order valence-electron chi connectivity index (χ0n) is 20.3. The van der Waals surface area contributed by atoms with Crippen molar-refractivity contribution in [2.45, 2.75) is 26.0 Å². The fraction of sp³-hybridized carbons (Fsp3) is 0.241. The number of benzene rings is 3. The van der Waals surface area contributed by atoms with E-state index in [0.29, 0.717) is 36.5 Å². The van der Waals surface area contributed by atoms with E-state index in [-0.39, 0.29) is 23.6 Å². The lowest BCUT2D eigenvalue weighted by atomic mass is 9.95. The molecule has 0 spiro atoms. The van der Waals surface area contributed by atoms with Gasteiger partial charge in [-0.3, -0.25) is 9.59 Å². The highest BCUT2D eigenvalue weighted by molar-refractivity contribution is 6.46. The number of hydrogen-bond donors (Lipinski definition) is 2. The lowest BCUT2D eigenvalue weighted by Crippen LogP contribution is -2.31. The average molecular weight is 488 g/mol. The van der Waals surface area contributed by atoms with Gasteiger partial charge in [-0.2, -0.15) is 0 Å². The van der Waals surface area contributed by atoms with Crippen molar-refractivity contribution < 1.29 is 29.3 Å². The van der Waals surface area contributed by atoms with E-state index in [9.17, 15) is 19.8 Å². The van der Waals surface area contributed by atoms with E-state index >= 15 is 0 Å². The summed E-state index contributed by atoms with van der Waals surface area (Å²) in [5.41, 5.74) is 3.22. The van der Waals surface area contributed by atoms with Crippen molar-refractivity contribution in [3.8, 4) is 11.5 Å². The van der Waals surface area contributed by atoms with E-state index in [0.717, 1.165) is 11.1 Å². The molecule has 1 atom stereocenters. The molecule has 0 aliphatic carbocycles. The number of rotatable bonds is 9. The number of nitrogens with zero attached hydrogens (tertiary/aromatic N) is 1. The smallest absolute Gasteiger partial charge is 0.295 e. The fourth-order valence-corrected chi connectivity index (χ4v) is 4.33. The quantitative estimate of drug-likeness (QED) is 0.196. The van der Waals surface area contributed by atoms with Gasteiger partial charge in [-0.1, -0.05) is 42.0 Å². The highest BCUT2D eigenvalue weighted by atomic mass is 16.5. The molecule has 1 saturated heterocycles. The van der Waals surface area contributed by atoms with Gasteiger partial charge < -0.3 is 24.6 Å². The first kappa shape index (κ1) is 25.0. The van der Waals surface area contributed by atoms with E-state index in [1.807, 2.05) is 25.1 Å². The van der Waals surface area contributed by atoms with Crippen LogP contribution in [-0.2, 0) is 20.9 Å². The van der Waals surface area contributed by atoms with E-state index in [1.165, 1.54) is 17.0 Å². The van der Waals surface area contributed by atoms with Crippen LogP contribution >= 0.6 is 0 Å². The Labute approximate surface area is 210 Å². The first-order valence-electron chi connectivity index (χ1n) is 11.7. The summed E-state index contributed by atoms with van der Waals surface area (Å²) in [7, 11) is 1.57. The summed E-state index contributed by atoms with van der Waals surface area (Å²) in [6.45, 7) is 3.13. The third-order valence-electron chi connectivity index (χ3n) is 6.11. The van der Waals surface area contributed by atoms with Crippen molar-refractivity contribution in [3.05, 3.63) is 101 Å². The molecule has 0 aromatic heterocycles. The second-order valence-corrected chi connectivity index (χ2v) is 8.73. The Morgan fingerprint density at radius 1 is 1.00 bits per heavy atom. The average Bonchev–Trinajstić information content (AvgIpc) is 3.13. The number of phenols is 1. The first-order valence-corrected chi connectivity index (χ1v) is 11.7. The van der Waals surface area contributed by atoms with Crippen LogP contribution < -0.4 is 4.74 Å². The highest BCUT2D eigenvalue weighted by Crippen LogP contribution is 2.40. The molecule has 4 rings (SSSR count). The molecule has 7 heteroatoms. The molecule has 0 radical (unpaired) electrons. The summed E-state index contributed by atoms with van der Waals surface area (Å²) in [5, 5.41) is 20.9. The number of methoxy groups -OCH3 is 1. The van der Waals surface area contributed by atoms with Crippen molar-refractivity contribution in [1.82, 2.24) is 4.90 Å². The molecular formula is C29H29NO6. The number of aryl methyl sites for hydroxylation is 1. The second-order valence-electron chi connectivity index (χ2n) is 8.73. The minimum Gasteiger partial charge on any atom is -0.508 e. The molecule has 0 bridgehead atoms. The number of ketones is 1. The zero-order chi connectivity index (χ0) is 25.7. The Bertz CT molecular complexity index is 1260. The van der Waals surface area contributed by atoms with Gasteiger partial charge in [-0.25, -0.2) is 0 Å². The molecule has 1 aliphatic heterocycles. The van der Waals surface area contributed by atoms with Crippen LogP contribution in [0.25, 0.3) is 5.76 Å². The number of carbonyl (C=O) groups excluding carboxylic acids is 2. The normalized spacial score (nSPS) is 16.9. The topological polar surface area (TPSA) is 96.3 Å². The maximum absolute atomic E-state index is 13.1. The van der Waals surface area contributed by atoms with Crippen molar-refractivity contribution in [1.29, 1.82) is 0 Å². The van der Waals surface area contributed by atoms with Crippen molar-refractivity contribution >= 4 is 17.4 Å². The molecule has 1 unspecified atom stereocenters. The van der Waals surface area contributed by atoms with Crippen molar-refractivity contribution in [2.75, 3.05) is 20.3 Å². The monoisotopic (exact) mass is 487 g/mol. The maximum Gasteiger partial charge on any atom is 0.295 e.